The maximum Gasteiger partial charge on any atom is 0.491 e. The minimum atomic E-state index is -0.998. The van der Waals surface area contributed by atoms with Crippen LogP contribution in [0.25, 0.3) is 6.08 Å². The average Bonchev–Trinajstić information content (AvgIpc) is 2.65. The van der Waals surface area contributed by atoms with Crippen LogP contribution in [0.2, 0.25) is 0 Å². The zero-order valence-electron chi connectivity index (χ0n) is 13.3. The number of hydrogen-bond donors (Lipinski definition) is 2. The summed E-state index contributed by atoms with van der Waals surface area (Å²) in [5, 5.41) is 9.03. The van der Waals surface area contributed by atoms with E-state index in [0.717, 1.165) is 0 Å². The summed E-state index contributed by atoms with van der Waals surface area (Å²) in [7, 11) is -0.565. The van der Waals surface area contributed by atoms with Crippen molar-refractivity contribution in [1.29, 1.82) is 0 Å². The van der Waals surface area contributed by atoms with Crippen LogP contribution in [0, 0.1) is 0 Å². The zero-order valence-corrected chi connectivity index (χ0v) is 13.3. The van der Waals surface area contributed by atoms with Crippen LogP contribution < -0.4 is 5.73 Å². The van der Waals surface area contributed by atoms with Crippen LogP contribution in [0.5, 0.6) is 0 Å². The highest BCUT2D eigenvalue weighted by Crippen LogP contribution is 2.38. The lowest BCUT2D eigenvalue weighted by Gasteiger charge is -2.32. The number of nitrogens with two attached hydrogens (primary N) is 1. The Morgan fingerprint density at radius 2 is 1.95 bits per heavy atom. The van der Waals surface area contributed by atoms with Gasteiger partial charge in [0.05, 0.1) is 22.5 Å². The number of nitrogens with zero attached hydrogens (tertiary/aromatic N) is 1. The van der Waals surface area contributed by atoms with Crippen LogP contribution in [0.3, 0.4) is 0 Å². The van der Waals surface area contributed by atoms with Gasteiger partial charge < -0.3 is 20.1 Å². The van der Waals surface area contributed by atoms with Gasteiger partial charge in [0.1, 0.15) is 0 Å². The Kier molecular flexibility index (Phi) is 4.42. The molecule has 0 spiro atoms. The predicted octanol–water partition coefficient (Wildman–Crippen LogP) is 1.75. The topological polar surface area (TPSA) is 94.7 Å². The normalized spacial score (nSPS) is 20.2. The minimum absolute atomic E-state index is 0.173. The second kappa shape index (κ2) is 5.83. The van der Waals surface area contributed by atoms with Crippen LogP contribution in [-0.4, -0.2) is 40.9 Å². The van der Waals surface area contributed by atoms with Crippen molar-refractivity contribution in [2.45, 2.75) is 38.9 Å². The monoisotopic (exact) mass is 304 g/mol. The first-order valence-electron chi connectivity index (χ1n) is 7.12. The molecule has 118 valence electrons. The molecule has 2 heterocycles. The molecule has 1 aliphatic rings. The first kappa shape index (κ1) is 16.7. The fraction of sp³-hybridized carbons (Fsp3) is 0.467. The standard InChI is InChI=1S/C15H21BN2O4/c1-14(2)15(3,4)22-16(21-14)11(9-17)8-12-7-10(13(19)20)5-6-18-12/h5-8H,9,17H2,1-4H3,(H,19,20). The number of carbonyl (C=O) groups is 1. The van der Waals surface area contributed by atoms with Crippen LogP contribution >= 0.6 is 0 Å². The summed E-state index contributed by atoms with van der Waals surface area (Å²) in [6, 6.07) is 2.93. The quantitative estimate of drug-likeness (QED) is 0.823. The highest BCUT2D eigenvalue weighted by Gasteiger charge is 2.52. The van der Waals surface area contributed by atoms with Crippen molar-refractivity contribution in [2.24, 2.45) is 5.73 Å². The van der Waals surface area contributed by atoms with E-state index in [1.54, 1.807) is 6.08 Å². The van der Waals surface area contributed by atoms with Gasteiger partial charge in [0, 0.05) is 12.7 Å². The Labute approximate surface area is 130 Å². The molecule has 1 aromatic rings. The smallest absolute Gasteiger partial charge is 0.478 e. The Hall–Kier alpha value is -1.70. The Bertz CT molecular complexity index is 597. The Morgan fingerprint density at radius 1 is 1.36 bits per heavy atom. The van der Waals surface area contributed by atoms with Gasteiger partial charge in [-0.15, -0.1) is 0 Å². The summed E-state index contributed by atoms with van der Waals surface area (Å²) in [5.41, 5.74) is 6.29. The summed E-state index contributed by atoms with van der Waals surface area (Å²) in [6.45, 7) is 8.08. The molecule has 3 N–H and O–H groups in total. The summed E-state index contributed by atoms with van der Waals surface area (Å²) < 4.78 is 11.9. The van der Waals surface area contributed by atoms with Gasteiger partial charge in [-0.3, -0.25) is 4.98 Å². The lowest BCUT2D eigenvalue weighted by molar-refractivity contribution is 0.00578. The van der Waals surface area contributed by atoms with E-state index >= 15 is 0 Å². The molecular formula is C15H21BN2O4. The van der Waals surface area contributed by atoms with E-state index in [2.05, 4.69) is 4.98 Å². The summed E-state index contributed by atoms with van der Waals surface area (Å²) in [6.07, 6.45) is 3.17. The van der Waals surface area contributed by atoms with E-state index in [1.807, 2.05) is 27.7 Å². The molecule has 22 heavy (non-hydrogen) atoms. The average molecular weight is 304 g/mol. The molecule has 1 saturated heterocycles. The van der Waals surface area contributed by atoms with E-state index < -0.39 is 24.3 Å². The highest BCUT2D eigenvalue weighted by atomic mass is 16.7. The molecule has 0 bridgehead atoms. The number of aromatic nitrogens is 1. The van der Waals surface area contributed by atoms with E-state index in [0.29, 0.717) is 11.2 Å². The van der Waals surface area contributed by atoms with Crippen molar-refractivity contribution in [3.05, 3.63) is 35.1 Å². The van der Waals surface area contributed by atoms with E-state index in [9.17, 15) is 4.79 Å². The van der Waals surface area contributed by atoms with Crippen molar-refractivity contribution < 1.29 is 19.2 Å². The Balaban J connectivity index is 2.29. The molecule has 6 nitrogen and oxygen atoms in total. The van der Waals surface area contributed by atoms with Gasteiger partial charge in [-0.2, -0.15) is 0 Å². The van der Waals surface area contributed by atoms with Gasteiger partial charge in [-0.05, 0) is 51.4 Å². The third-order valence-corrected chi connectivity index (χ3v) is 4.15. The molecule has 2 rings (SSSR count). The number of carboxylic acids is 1. The van der Waals surface area contributed by atoms with Gasteiger partial charge in [-0.1, -0.05) is 0 Å². The fourth-order valence-corrected chi connectivity index (χ4v) is 2.07. The van der Waals surface area contributed by atoms with Crippen molar-refractivity contribution in [3.63, 3.8) is 0 Å². The number of rotatable bonds is 4. The molecule has 0 aliphatic carbocycles. The number of hydrogen-bond acceptors (Lipinski definition) is 5. The third kappa shape index (κ3) is 3.21. The first-order chi connectivity index (χ1) is 10.2. The molecule has 1 aromatic heterocycles. The fourth-order valence-electron chi connectivity index (χ4n) is 2.07. The molecule has 1 aliphatic heterocycles. The van der Waals surface area contributed by atoms with Gasteiger partial charge in [0.2, 0.25) is 0 Å². The highest BCUT2D eigenvalue weighted by molar-refractivity contribution is 6.55. The maximum atomic E-state index is 11.0. The number of carboxylic acid groups (broad SMARTS) is 1. The van der Waals surface area contributed by atoms with E-state index in [-0.39, 0.29) is 12.1 Å². The lowest BCUT2D eigenvalue weighted by Crippen LogP contribution is -2.41. The summed E-state index contributed by atoms with van der Waals surface area (Å²) in [5.74, 6) is -0.998. The third-order valence-electron chi connectivity index (χ3n) is 4.15. The summed E-state index contributed by atoms with van der Waals surface area (Å²) >= 11 is 0. The Morgan fingerprint density at radius 3 is 2.45 bits per heavy atom. The van der Waals surface area contributed by atoms with Crippen LogP contribution in [0.1, 0.15) is 43.7 Å². The van der Waals surface area contributed by atoms with Crippen molar-refractivity contribution in [1.82, 2.24) is 4.98 Å². The molecular weight excluding hydrogens is 283 g/mol. The molecule has 0 atom stereocenters. The van der Waals surface area contributed by atoms with E-state index in [4.69, 9.17) is 20.1 Å². The second-order valence-electron chi connectivity index (χ2n) is 6.29. The van der Waals surface area contributed by atoms with Gasteiger partial charge >= 0.3 is 13.1 Å². The van der Waals surface area contributed by atoms with Crippen LogP contribution in [-0.2, 0) is 9.31 Å². The van der Waals surface area contributed by atoms with Crippen LogP contribution in [0.4, 0.5) is 0 Å². The largest absolute Gasteiger partial charge is 0.491 e. The lowest BCUT2D eigenvalue weighted by atomic mass is 9.77. The predicted molar refractivity (Wildman–Crippen MR) is 84.3 cm³/mol. The van der Waals surface area contributed by atoms with Crippen molar-refractivity contribution >= 4 is 19.2 Å². The molecule has 0 amide bonds. The van der Waals surface area contributed by atoms with Crippen LogP contribution in [0.15, 0.2) is 23.8 Å². The first-order valence-corrected chi connectivity index (χ1v) is 7.12. The van der Waals surface area contributed by atoms with Crippen molar-refractivity contribution in [2.75, 3.05) is 6.54 Å². The maximum absolute atomic E-state index is 11.0. The number of aromatic carboxylic acids is 1. The molecule has 0 aromatic carbocycles. The number of pyridine rings is 1. The molecule has 1 fully saturated rings. The summed E-state index contributed by atoms with van der Waals surface area (Å²) in [4.78, 5) is 15.2. The molecule has 7 heteroatoms. The van der Waals surface area contributed by atoms with E-state index in [1.165, 1.54) is 18.3 Å². The molecule has 0 unspecified atom stereocenters. The molecule has 0 saturated carbocycles. The molecule has 0 radical (unpaired) electrons. The minimum Gasteiger partial charge on any atom is -0.478 e. The van der Waals surface area contributed by atoms with Crippen molar-refractivity contribution in [3.8, 4) is 0 Å². The van der Waals surface area contributed by atoms with Gasteiger partial charge in [-0.25, -0.2) is 4.79 Å². The zero-order chi connectivity index (χ0) is 16.5. The van der Waals surface area contributed by atoms with Gasteiger partial charge in [0.15, 0.2) is 0 Å². The second-order valence-corrected chi connectivity index (χ2v) is 6.29. The van der Waals surface area contributed by atoms with Gasteiger partial charge in [0.25, 0.3) is 0 Å². The SMILES string of the molecule is CC1(C)OB(C(=Cc2cc(C(=O)O)ccn2)CN)OC1(C)C.